The van der Waals surface area contributed by atoms with Crippen LogP contribution in [0.4, 0.5) is 0 Å². The van der Waals surface area contributed by atoms with Gasteiger partial charge >= 0.3 is 0 Å². The highest BCUT2D eigenvalue weighted by atomic mass is 16.5. The van der Waals surface area contributed by atoms with Crippen LogP contribution < -0.4 is 5.32 Å². The van der Waals surface area contributed by atoms with Crippen molar-refractivity contribution >= 4 is 0 Å². The van der Waals surface area contributed by atoms with Crippen LogP contribution in [-0.4, -0.2) is 25.8 Å². The summed E-state index contributed by atoms with van der Waals surface area (Å²) in [5, 5.41) is 3.50. The van der Waals surface area contributed by atoms with Crippen molar-refractivity contribution in [1.82, 2.24) is 5.32 Å². The van der Waals surface area contributed by atoms with Crippen LogP contribution in [0.1, 0.15) is 39.5 Å². The molecule has 2 nitrogen and oxygen atoms in total. The Labute approximate surface area is 82.0 Å². The predicted molar refractivity (Wildman–Crippen MR) is 55.9 cm³/mol. The lowest BCUT2D eigenvalue weighted by molar-refractivity contribution is 0.0155. The lowest BCUT2D eigenvalue weighted by Gasteiger charge is -2.27. The molecule has 1 aliphatic rings. The first-order valence-electron chi connectivity index (χ1n) is 5.40. The topological polar surface area (TPSA) is 21.3 Å². The molecule has 1 N–H and O–H groups in total. The molecule has 0 spiro atoms. The van der Waals surface area contributed by atoms with Crippen molar-refractivity contribution in [2.24, 2.45) is 5.92 Å². The summed E-state index contributed by atoms with van der Waals surface area (Å²) in [5.74, 6) is 0.964. The van der Waals surface area contributed by atoms with E-state index >= 15 is 0 Å². The van der Waals surface area contributed by atoms with E-state index in [1.54, 1.807) is 7.11 Å². The minimum Gasteiger partial charge on any atom is -0.379 e. The van der Waals surface area contributed by atoms with Gasteiger partial charge in [0.15, 0.2) is 0 Å². The Bertz CT molecular complexity index is 141. The molecule has 1 aliphatic carbocycles. The first kappa shape index (κ1) is 11.0. The number of hydrogen-bond donors (Lipinski definition) is 1. The number of hydrogen-bond acceptors (Lipinski definition) is 2. The first-order valence-corrected chi connectivity index (χ1v) is 5.40. The minimum atomic E-state index is 0.0343. The van der Waals surface area contributed by atoms with Gasteiger partial charge in [0.1, 0.15) is 0 Å². The molecule has 0 aliphatic heterocycles. The third-order valence-corrected chi connectivity index (χ3v) is 3.11. The van der Waals surface area contributed by atoms with Crippen LogP contribution >= 0.6 is 0 Å². The van der Waals surface area contributed by atoms with Gasteiger partial charge in [-0.3, -0.25) is 0 Å². The molecular formula is C11H23NO. The Hall–Kier alpha value is -0.0800. The van der Waals surface area contributed by atoms with E-state index in [1.807, 2.05) is 0 Å². The Morgan fingerprint density at radius 2 is 2.08 bits per heavy atom. The van der Waals surface area contributed by atoms with E-state index in [4.69, 9.17) is 4.74 Å². The maximum absolute atomic E-state index is 5.35. The van der Waals surface area contributed by atoms with Crippen molar-refractivity contribution in [3.8, 4) is 0 Å². The molecule has 0 aromatic heterocycles. The zero-order chi connectivity index (χ0) is 9.73. The summed E-state index contributed by atoms with van der Waals surface area (Å²) < 4.78 is 5.35. The summed E-state index contributed by atoms with van der Waals surface area (Å²) >= 11 is 0. The first-order chi connectivity index (χ1) is 6.14. The zero-order valence-electron chi connectivity index (χ0n) is 9.23. The Morgan fingerprint density at radius 3 is 2.54 bits per heavy atom. The SMILES string of the molecule is COC(C)(C)CCNCC1CCC1. The molecule has 0 bridgehead atoms. The van der Waals surface area contributed by atoms with Crippen LogP contribution in [0.3, 0.4) is 0 Å². The molecule has 13 heavy (non-hydrogen) atoms. The van der Waals surface area contributed by atoms with E-state index in [0.717, 1.165) is 18.9 Å². The lowest BCUT2D eigenvalue weighted by Crippen LogP contribution is -2.32. The van der Waals surface area contributed by atoms with Gasteiger partial charge in [0.25, 0.3) is 0 Å². The molecule has 1 saturated carbocycles. The number of nitrogens with one attached hydrogen (secondary N) is 1. The molecule has 78 valence electrons. The highest BCUT2D eigenvalue weighted by molar-refractivity contribution is 4.73. The summed E-state index contributed by atoms with van der Waals surface area (Å²) in [6.45, 7) is 6.56. The van der Waals surface area contributed by atoms with Gasteiger partial charge in [-0.05, 0) is 52.1 Å². The molecule has 0 radical (unpaired) electrons. The third-order valence-electron chi connectivity index (χ3n) is 3.11. The summed E-state index contributed by atoms with van der Waals surface area (Å²) in [6.07, 6.45) is 5.40. The van der Waals surface area contributed by atoms with Gasteiger partial charge in [0, 0.05) is 7.11 Å². The van der Waals surface area contributed by atoms with E-state index < -0.39 is 0 Å². The van der Waals surface area contributed by atoms with Crippen LogP contribution in [-0.2, 0) is 4.74 Å². The predicted octanol–water partition coefficient (Wildman–Crippen LogP) is 2.19. The molecule has 1 fully saturated rings. The van der Waals surface area contributed by atoms with Gasteiger partial charge in [0.05, 0.1) is 5.60 Å². The van der Waals surface area contributed by atoms with Crippen LogP contribution in [0.5, 0.6) is 0 Å². The van der Waals surface area contributed by atoms with Gasteiger partial charge in [-0.2, -0.15) is 0 Å². The van der Waals surface area contributed by atoms with E-state index in [9.17, 15) is 0 Å². The second-order valence-electron chi connectivity index (χ2n) is 4.71. The molecule has 1 rings (SSSR count). The fourth-order valence-electron chi connectivity index (χ4n) is 1.49. The van der Waals surface area contributed by atoms with Gasteiger partial charge in [-0.15, -0.1) is 0 Å². The number of ether oxygens (including phenoxy) is 1. The van der Waals surface area contributed by atoms with E-state index in [1.165, 1.54) is 25.8 Å². The number of rotatable bonds is 6. The molecule has 0 unspecified atom stereocenters. The summed E-state index contributed by atoms with van der Waals surface area (Å²) in [4.78, 5) is 0. The minimum absolute atomic E-state index is 0.0343. The van der Waals surface area contributed by atoms with E-state index in [-0.39, 0.29) is 5.60 Å². The van der Waals surface area contributed by atoms with Gasteiger partial charge in [-0.25, -0.2) is 0 Å². The summed E-state index contributed by atoms with van der Waals surface area (Å²) in [6, 6.07) is 0. The van der Waals surface area contributed by atoms with E-state index in [2.05, 4.69) is 19.2 Å². The standard InChI is InChI=1S/C11H23NO/c1-11(2,13-3)7-8-12-9-10-5-4-6-10/h10,12H,4-9H2,1-3H3. The average molecular weight is 185 g/mol. The van der Waals surface area contributed by atoms with Crippen LogP contribution in [0.2, 0.25) is 0 Å². The highest BCUT2D eigenvalue weighted by Gasteiger charge is 2.18. The second-order valence-corrected chi connectivity index (χ2v) is 4.71. The van der Waals surface area contributed by atoms with Crippen LogP contribution in [0, 0.1) is 5.92 Å². The highest BCUT2D eigenvalue weighted by Crippen LogP contribution is 2.25. The molecule has 2 heteroatoms. The van der Waals surface area contributed by atoms with Crippen molar-refractivity contribution in [3.05, 3.63) is 0 Å². The fourth-order valence-corrected chi connectivity index (χ4v) is 1.49. The van der Waals surface area contributed by atoms with Crippen molar-refractivity contribution in [3.63, 3.8) is 0 Å². The summed E-state index contributed by atoms with van der Waals surface area (Å²) in [5.41, 5.74) is 0.0343. The van der Waals surface area contributed by atoms with Crippen LogP contribution in [0.25, 0.3) is 0 Å². The Morgan fingerprint density at radius 1 is 1.38 bits per heavy atom. The summed E-state index contributed by atoms with van der Waals surface area (Å²) in [7, 11) is 1.78. The fraction of sp³-hybridized carbons (Fsp3) is 1.00. The van der Waals surface area contributed by atoms with Crippen molar-refractivity contribution in [2.45, 2.75) is 45.1 Å². The molecule has 0 heterocycles. The monoisotopic (exact) mass is 185 g/mol. The molecule has 0 aromatic carbocycles. The van der Waals surface area contributed by atoms with Gasteiger partial charge in [0.2, 0.25) is 0 Å². The largest absolute Gasteiger partial charge is 0.379 e. The van der Waals surface area contributed by atoms with Crippen molar-refractivity contribution in [1.29, 1.82) is 0 Å². The van der Waals surface area contributed by atoms with Gasteiger partial charge in [-0.1, -0.05) is 6.42 Å². The molecule has 0 aromatic rings. The maximum atomic E-state index is 5.35. The smallest absolute Gasteiger partial charge is 0.0634 e. The second kappa shape index (κ2) is 4.97. The van der Waals surface area contributed by atoms with Crippen molar-refractivity contribution in [2.75, 3.05) is 20.2 Å². The third kappa shape index (κ3) is 4.10. The quantitative estimate of drug-likeness (QED) is 0.640. The normalized spacial score (nSPS) is 18.7. The van der Waals surface area contributed by atoms with E-state index in [0.29, 0.717) is 0 Å². The Balaban J connectivity index is 1.93. The molecule has 0 saturated heterocycles. The molecule has 0 amide bonds. The lowest BCUT2D eigenvalue weighted by atomic mass is 9.85. The Kier molecular flexibility index (Phi) is 4.20. The average Bonchev–Trinajstić information content (AvgIpc) is 2.01. The van der Waals surface area contributed by atoms with Crippen LogP contribution in [0.15, 0.2) is 0 Å². The molecular weight excluding hydrogens is 162 g/mol. The maximum Gasteiger partial charge on any atom is 0.0634 e. The van der Waals surface area contributed by atoms with Gasteiger partial charge < -0.3 is 10.1 Å². The van der Waals surface area contributed by atoms with Crippen molar-refractivity contribution < 1.29 is 4.74 Å². The molecule has 0 atom stereocenters. The zero-order valence-corrected chi connectivity index (χ0v) is 9.23. The number of methoxy groups -OCH3 is 1.